The maximum absolute atomic E-state index is 12.5. The average molecular weight is 347 g/mol. The highest BCUT2D eigenvalue weighted by Crippen LogP contribution is 2.26. The van der Waals surface area contributed by atoms with Crippen LogP contribution in [0.3, 0.4) is 0 Å². The second-order valence-electron chi connectivity index (χ2n) is 5.17. The van der Waals surface area contributed by atoms with E-state index in [9.17, 15) is 8.42 Å². The Morgan fingerprint density at radius 2 is 1.74 bits per heavy atom. The highest BCUT2D eigenvalue weighted by molar-refractivity contribution is 9.10. The van der Waals surface area contributed by atoms with E-state index in [1.54, 1.807) is 28.6 Å². The summed E-state index contributed by atoms with van der Waals surface area (Å²) in [4.78, 5) is 0.365. The molecule has 0 radical (unpaired) electrons. The van der Waals surface area contributed by atoms with Crippen molar-refractivity contribution in [2.45, 2.75) is 30.2 Å². The summed E-state index contributed by atoms with van der Waals surface area (Å²) >= 11 is 3.32. The molecule has 106 valence electrons. The summed E-state index contributed by atoms with van der Waals surface area (Å²) in [5.41, 5.74) is 0.0474. The molecule has 1 saturated heterocycles. The summed E-state index contributed by atoms with van der Waals surface area (Å²) in [5.74, 6) is 0. The first-order valence-electron chi connectivity index (χ1n) is 6.32. The van der Waals surface area contributed by atoms with Crippen LogP contribution in [0.25, 0.3) is 0 Å². The van der Waals surface area contributed by atoms with Gasteiger partial charge in [-0.15, -0.1) is 0 Å². The molecule has 0 atom stereocenters. The van der Waals surface area contributed by atoms with Crippen LogP contribution in [0, 0.1) is 0 Å². The van der Waals surface area contributed by atoms with E-state index in [0.717, 1.165) is 17.3 Å². The van der Waals surface area contributed by atoms with Gasteiger partial charge in [-0.05, 0) is 51.1 Å². The minimum atomic E-state index is -3.35. The standard InChI is InChI=1S/C13H19BrN2O2S/c1-13(15-2)7-9-16(10-8-13)19(17,18)12-5-3-11(14)4-6-12/h3-6,15H,7-10H2,1-2H3. The fourth-order valence-corrected chi connectivity index (χ4v) is 3.93. The predicted molar refractivity (Wildman–Crippen MR) is 79.6 cm³/mol. The molecule has 0 bridgehead atoms. The zero-order chi connectivity index (χ0) is 14.1. The van der Waals surface area contributed by atoms with E-state index in [-0.39, 0.29) is 5.54 Å². The van der Waals surface area contributed by atoms with E-state index in [4.69, 9.17) is 0 Å². The van der Waals surface area contributed by atoms with Crippen molar-refractivity contribution in [2.75, 3.05) is 20.1 Å². The fourth-order valence-electron chi connectivity index (χ4n) is 2.23. The highest BCUT2D eigenvalue weighted by Gasteiger charge is 2.34. The zero-order valence-electron chi connectivity index (χ0n) is 11.2. The lowest BCUT2D eigenvalue weighted by Crippen LogP contribution is -2.51. The highest BCUT2D eigenvalue weighted by atomic mass is 79.9. The smallest absolute Gasteiger partial charge is 0.243 e. The van der Waals surface area contributed by atoms with E-state index in [1.807, 2.05) is 7.05 Å². The van der Waals surface area contributed by atoms with Crippen LogP contribution in [0.2, 0.25) is 0 Å². The SMILES string of the molecule is CNC1(C)CCN(S(=O)(=O)c2ccc(Br)cc2)CC1. The molecule has 0 aromatic heterocycles. The van der Waals surface area contributed by atoms with E-state index >= 15 is 0 Å². The maximum atomic E-state index is 12.5. The number of nitrogens with zero attached hydrogens (tertiary/aromatic N) is 1. The summed E-state index contributed by atoms with van der Waals surface area (Å²) in [6.07, 6.45) is 1.67. The zero-order valence-corrected chi connectivity index (χ0v) is 13.6. The van der Waals surface area contributed by atoms with Gasteiger partial charge in [-0.2, -0.15) is 4.31 Å². The van der Waals surface area contributed by atoms with Gasteiger partial charge in [0.25, 0.3) is 0 Å². The molecule has 1 N–H and O–H groups in total. The first-order valence-corrected chi connectivity index (χ1v) is 8.55. The third-order valence-electron chi connectivity index (χ3n) is 3.88. The Hall–Kier alpha value is -0.430. The number of piperidine rings is 1. The Morgan fingerprint density at radius 1 is 1.21 bits per heavy atom. The van der Waals surface area contributed by atoms with E-state index in [1.165, 1.54) is 0 Å². The number of hydrogen-bond donors (Lipinski definition) is 1. The van der Waals surface area contributed by atoms with Crippen molar-refractivity contribution in [2.24, 2.45) is 0 Å². The van der Waals surface area contributed by atoms with Gasteiger partial charge in [-0.1, -0.05) is 15.9 Å². The molecular formula is C13H19BrN2O2S. The molecule has 0 saturated carbocycles. The van der Waals surface area contributed by atoms with Crippen LogP contribution in [-0.4, -0.2) is 38.4 Å². The largest absolute Gasteiger partial charge is 0.314 e. The molecule has 1 heterocycles. The normalized spacial score (nSPS) is 20.4. The molecule has 4 nitrogen and oxygen atoms in total. The van der Waals surface area contributed by atoms with Gasteiger partial charge >= 0.3 is 0 Å². The lowest BCUT2D eigenvalue weighted by Gasteiger charge is -2.38. The van der Waals surface area contributed by atoms with Gasteiger partial charge in [0.05, 0.1) is 4.90 Å². The van der Waals surface area contributed by atoms with Gasteiger partial charge in [-0.3, -0.25) is 0 Å². The molecule has 1 aromatic rings. The van der Waals surface area contributed by atoms with Crippen molar-refractivity contribution in [1.29, 1.82) is 0 Å². The lowest BCUT2D eigenvalue weighted by molar-refractivity contribution is 0.219. The third-order valence-corrected chi connectivity index (χ3v) is 6.32. The second kappa shape index (κ2) is 5.52. The molecule has 0 spiro atoms. The minimum absolute atomic E-state index is 0.0474. The fraction of sp³-hybridized carbons (Fsp3) is 0.538. The molecule has 1 aliphatic rings. The first-order chi connectivity index (χ1) is 8.87. The minimum Gasteiger partial charge on any atom is -0.314 e. The van der Waals surface area contributed by atoms with Crippen molar-refractivity contribution in [1.82, 2.24) is 9.62 Å². The summed E-state index contributed by atoms with van der Waals surface area (Å²) in [7, 11) is -1.42. The molecule has 0 unspecified atom stereocenters. The van der Waals surface area contributed by atoms with Crippen molar-refractivity contribution < 1.29 is 8.42 Å². The van der Waals surface area contributed by atoms with Gasteiger partial charge in [0.15, 0.2) is 0 Å². The van der Waals surface area contributed by atoms with E-state index < -0.39 is 10.0 Å². The number of nitrogens with one attached hydrogen (secondary N) is 1. The van der Waals surface area contributed by atoms with Crippen LogP contribution < -0.4 is 5.32 Å². The van der Waals surface area contributed by atoms with Crippen LogP contribution in [0.15, 0.2) is 33.6 Å². The van der Waals surface area contributed by atoms with Crippen LogP contribution >= 0.6 is 15.9 Å². The lowest BCUT2D eigenvalue weighted by atomic mass is 9.91. The summed E-state index contributed by atoms with van der Waals surface area (Å²) in [6, 6.07) is 6.81. The molecular weight excluding hydrogens is 328 g/mol. The van der Waals surface area contributed by atoms with Crippen molar-refractivity contribution in [3.63, 3.8) is 0 Å². The maximum Gasteiger partial charge on any atom is 0.243 e. The number of hydrogen-bond acceptors (Lipinski definition) is 3. The molecule has 6 heteroatoms. The summed E-state index contributed by atoms with van der Waals surface area (Å²) in [6.45, 7) is 3.27. The summed E-state index contributed by atoms with van der Waals surface area (Å²) < 4.78 is 27.4. The van der Waals surface area contributed by atoms with Crippen LogP contribution in [-0.2, 0) is 10.0 Å². The van der Waals surface area contributed by atoms with Gasteiger partial charge < -0.3 is 5.32 Å². The first kappa shape index (κ1) is 15.0. The molecule has 1 aliphatic heterocycles. The quantitative estimate of drug-likeness (QED) is 0.912. The topological polar surface area (TPSA) is 49.4 Å². The molecule has 0 aliphatic carbocycles. The van der Waals surface area contributed by atoms with Gasteiger partial charge in [0, 0.05) is 23.1 Å². The molecule has 1 aromatic carbocycles. The Labute approximate surface area is 123 Å². The Morgan fingerprint density at radius 3 is 2.21 bits per heavy atom. The second-order valence-corrected chi connectivity index (χ2v) is 8.02. The third kappa shape index (κ3) is 3.18. The molecule has 19 heavy (non-hydrogen) atoms. The van der Waals surface area contributed by atoms with Gasteiger partial charge in [0.1, 0.15) is 0 Å². The number of benzene rings is 1. The van der Waals surface area contributed by atoms with Crippen molar-refractivity contribution in [3.8, 4) is 0 Å². The molecule has 2 rings (SSSR count). The van der Waals surface area contributed by atoms with Crippen LogP contribution in [0.1, 0.15) is 19.8 Å². The van der Waals surface area contributed by atoms with Crippen molar-refractivity contribution in [3.05, 3.63) is 28.7 Å². The monoisotopic (exact) mass is 346 g/mol. The molecule has 1 fully saturated rings. The van der Waals surface area contributed by atoms with Crippen LogP contribution in [0.5, 0.6) is 0 Å². The van der Waals surface area contributed by atoms with Gasteiger partial charge in [-0.25, -0.2) is 8.42 Å². The average Bonchev–Trinajstić information content (AvgIpc) is 2.40. The Bertz CT molecular complexity index is 534. The van der Waals surface area contributed by atoms with E-state index in [0.29, 0.717) is 18.0 Å². The predicted octanol–water partition coefficient (Wildman–Crippen LogP) is 2.21. The molecule has 0 amide bonds. The summed E-state index contributed by atoms with van der Waals surface area (Å²) in [5, 5.41) is 3.27. The number of rotatable bonds is 3. The Kier molecular flexibility index (Phi) is 4.35. The number of halogens is 1. The van der Waals surface area contributed by atoms with Gasteiger partial charge in [0.2, 0.25) is 10.0 Å². The van der Waals surface area contributed by atoms with Crippen LogP contribution in [0.4, 0.5) is 0 Å². The van der Waals surface area contributed by atoms with Crippen molar-refractivity contribution >= 4 is 26.0 Å². The van der Waals surface area contributed by atoms with E-state index in [2.05, 4.69) is 28.2 Å². The number of sulfonamides is 1. The Balaban J connectivity index is 2.16.